The van der Waals surface area contributed by atoms with Crippen LogP contribution in [0.4, 0.5) is 5.95 Å². The van der Waals surface area contributed by atoms with Crippen molar-refractivity contribution in [2.75, 3.05) is 5.73 Å². The summed E-state index contributed by atoms with van der Waals surface area (Å²) in [5.74, 6) is 0.651. The molecule has 0 saturated heterocycles. The van der Waals surface area contributed by atoms with Crippen molar-refractivity contribution in [3.05, 3.63) is 23.8 Å². The molecular weight excluding hydrogens is 258 g/mol. The van der Waals surface area contributed by atoms with Gasteiger partial charge in [-0.15, -0.1) is 0 Å². The van der Waals surface area contributed by atoms with Gasteiger partial charge in [-0.3, -0.25) is 0 Å². The maximum Gasteiger partial charge on any atom is 0.201 e. The van der Waals surface area contributed by atoms with Gasteiger partial charge in [0.05, 0.1) is 11.0 Å². The van der Waals surface area contributed by atoms with Gasteiger partial charge in [0, 0.05) is 6.54 Å². The second kappa shape index (κ2) is 8.06. The van der Waals surface area contributed by atoms with Gasteiger partial charge < -0.3 is 10.3 Å². The van der Waals surface area contributed by atoms with E-state index in [0.717, 1.165) is 12.1 Å². The minimum Gasteiger partial charge on any atom is -0.369 e. The lowest BCUT2D eigenvalue weighted by atomic mass is 10.1. The molecule has 0 aliphatic rings. The van der Waals surface area contributed by atoms with Crippen LogP contribution < -0.4 is 5.73 Å². The number of hydrogen-bond acceptors (Lipinski definition) is 2. The number of benzene rings is 1. The monoisotopic (exact) mass is 287 g/mol. The van der Waals surface area contributed by atoms with Crippen molar-refractivity contribution in [3.63, 3.8) is 0 Å². The zero-order valence-electron chi connectivity index (χ0n) is 13.6. The third kappa shape index (κ3) is 4.48. The summed E-state index contributed by atoms with van der Waals surface area (Å²) in [5.41, 5.74) is 9.47. The lowest BCUT2D eigenvalue weighted by Gasteiger charge is -2.06. The molecule has 0 radical (unpaired) electrons. The molecule has 2 rings (SSSR count). The molecule has 2 aromatic rings. The van der Waals surface area contributed by atoms with Gasteiger partial charge in [-0.25, -0.2) is 4.98 Å². The van der Waals surface area contributed by atoms with Crippen molar-refractivity contribution < 1.29 is 0 Å². The first-order chi connectivity index (χ1) is 10.2. The van der Waals surface area contributed by atoms with E-state index in [2.05, 4.69) is 41.6 Å². The van der Waals surface area contributed by atoms with Crippen LogP contribution in [0.3, 0.4) is 0 Å². The largest absolute Gasteiger partial charge is 0.369 e. The van der Waals surface area contributed by atoms with Crippen LogP contribution in [0.2, 0.25) is 0 Å². The van der Waals surface area contributed by atoms with E-state index in [0.29, 0.717) is 5.95 Å². The lowest BCUT2D eigenvalue weighted by molar-refractivity contribution is 0.550. The zero-order valence-corrected chi connectivity index (χ0v) is 13.6. The SMILES string of the molecule is CCCCCCCCCCn1c(N)nc2cc(C)ccc21. The van der Waals surface area contributed by atoms with E-state index in [1.807, 2.05) is 0 Å². The van der Waals surface area contributed by atoms with Crippen LogP contribution in [0.1, 0.15) is 63.9 Å². The smallest absolute Gasteiger partial charge is 0.201 e. The Morgan fingerprint density at radius 3 is 2.38 bits per heavy atom. The molecule has 0 spiro atoms. The number of hydrogen-bond donors (Lipinski definition) is 1. The molecule has 0 aliphatic heterocycles. The molecule has 1 heterocycles. The van der Waals surface area contributed by atoms with Crippen LogP contribution in [0, 0.1) is 6.92 Å². The molecule has 0 fully saturated rings. The number of nitrogen functional groups attached to an aromatic ring is 1. The van der Waals surface area contributed by atoms with Gasteiger partial charge in [0.1, 0.15) is 0 Å². The predicted molar refractivity (Wildman–Crippen MR) is 91.5 cm³/mol. The predicted octanol–water partition coefficient (Wildman–Crippen LogP) is 5.07. The molecule has 2 N–H and O–H groups in total. The third-order valence-corrected chi connectivity index (χ3v) is 4.17. The van der Waals surface area contributed by atoms with Gasteiger partial charge in [0.2, 0.25) is 5.95 Å². The highest BCUT2D eigenvalue weighted by Crippen LogP contribution is 2.20. The summed E-state index contributed by atoms with van der Waals surface area (Å²) in [6, 6.07) is 6.38. The Kier molecular flexibility index (Phi) is 6.09. The highest BCUT2D eigenvalue weighted by molar-refractivity contribution is 5.79. The number of imidazole rings is 1. The van der Waals surface area contributed by atoms with Gasteiger partial charge in [-0.1, -0.05) is 57.9 Å². The molecule has 0 unspecified atom stereocenters. The number of aromatic nitrogens is 2. The fraction of sp³-hybridized carbons (Fsp3) is 0.611. The minimum atomic E-state index is 0.651. The van der Waals surface area contributed by atoms with E-state index in [4.69, 9.17) is 5.73 Å². The van der Waals surface area contributed by atoms with Crippen molar-refractivity contribution in [2.45, 2.75) is 71.8 Å². The second-order valence-corrected chi connectivity index (χ2v) is 6.09. The summed E-state index contributed by atoms with van der Waals surface area (Å²) < 4.78 is 2.16. The van der Waals surface area contributed by atoms with Crippen LogP contribution >= 0.6 is 0 Å². The fourth-order valence-corrected chi connectivity index (χ4v) is 2.90. The van der Waals surface area contributed by atoms with Crippen LogP contribution in [0.25, 0.3) is 11.0 Å². The number of rotatable bonds is 9. The molecule has 21 heavy (non-hydrogen) atoms. The Labute approximate surface area is 128 Å². The van der Waals surface area contributed by atoms with E-state index in [-0.39, 0.29) is 0 Å². The standard InChI is InChI=1S/C18H29N3/c1-3-4-5-6-7-8-9-10-13-21-17-12-11-15(2)14-16(17)20-18(21)19/h11-12,14H,3-10,13H2,1-2H3,(H2,19,20). The topological polar surface area (TPSA) is 43.8 Å². The van der Waals surface area contributed by atoms with Gasteiger partial charge in [0.15, 0.2) is 0 Å². The van der Waals surface area contributed by atoms with Crippen molar-refractivity contribution in [3.8, 4) is 0 Å². The molecule has 3 nitrogen and oxygen atoms in total. The van der Waals surface area contributed by atoms with Crippen molar-refractivity contribution >= 4 is 17.0 Å². The number of aryl methyl sites for hydroxylation is 2. The Morgan fingerprint density at radius 1 is 1.00 bits per heavy atom. The minimum absolute atomic E-state index is 0.651. The molecule has 1 aromatic heterocycles. The molecule has 0 aliphatic carbocycles. The first-order valence-corrected chi connectivity index (χ1v) is 8.44. The lowest BCUT2D eigenvalue weighted by Crippen LogP contribution is -2.03. The number of fused-ring (bicyclic) bond motifs is 1. The van der Waals surface area contributed by atoms with E-state index in [1.165, 1.54) is 62.4 Å². The molecular formula is C18H29N3. The van der Waals surface area contributed by atoms with Crippen LogP contribution in [-0.4, -0.2) is 9.55 Å². The molecule has 116 valence electrons. The number of unbranched alkanes of at least 4 members (excludes halogenated alkanes) is 7. The summed E-state index contributed by atoms with van der Waals surface area (Å²) in [6.45, 7) is 5.34. The summed E-state index contributed by atoms with van der Waals surface area (Å²) in [4.78, 5) is 4.46. The van der Waals surface area contributed by atoms with Crippen LogP contribution in [0.5, 0.6) is 0 Å². The van der Waals surface area contributed by atoms with Gasteiger partial charge in [0.25, 0.3) is 0 Å². The van der Waals surface area contributed by atoms with Gasteiger partial charge >= 0.3 is 0 Å². The number of anilines is 1. The number of nitrogens with two attached hydrogens (primary N) is 1. The Balaban J connectivity index is 1.77. The maximum atomic E-state index is 6.05. The molecule has 0 amide bonds. The Hall–Kier alpha value is -1.51. The van der Waals surface area contributed by atoms with Crippen LogP contribution in [-0.2, 0) is 6.54 Å². The normalized spacial score (nSPS) is 11.3. The van der Waals surface area contributed by atoms with Gasteiger partial charge in [-0.05, 0) is 31.0 Å². The molecule has 0 saturated carbocycles. The second-order valence-electron chi connectivity index (χ2n) is 6.09. The van der Waals surface area contributed by atoms with E-state index >= 15 is 0 Å². The van der Waals surface area contributed by atoms with Crippen molar-refractivity contribution in [2.24, 2.45) is 0 Å². The summed E-state index contributed by atoms with van der Waals surface area (Å²) in [6.07, 6.45) is 10.7. The molecule has 3 heteroatoms. The highest BCUT2D eigenvalue weighted by Gasteiger charge is 2.07. The van der Waals surface area contributed by atoms with Crippen LogP contribution in [0.15, 0.2) is 18.2 Å². The van der Waals surface area contributed by atoms with Crippen molar-refractivity contribution in [1.29, 1.82) is 0 Å². The zero-order chi connectivity index (χ0) is 15.1. The molecule has 1 aromatic carbocycles. The van der Waals surface area contributed by atoms with Crippen molar-refractivity contribution in [1.82, 2.24) is 9.55 Å². The number of nitrogens with zero attached hydrogens (tertiary/aromatic N) is 2. The average molecular weight is 287 g/mol. The average Bonchev–Trinajstić information content (AvgIpc) is 2.76. The molecule has 0 bridgehead atoms. The van der Waals surface area contributed by atoms with Gasteiger partial charge in [-0.2, -0.15) is 0 Å². The fourth-order valence-electron chi connectivity index (χ4n) is 2.90. The first-order valence-electron chi connectivity index (χ1n) is 8.44. The Morgan fingerprint density at radius 2 is 1.67 bits per heavy atom. The maximum absolute atomic E-state index is 6.05. The van der Waals surface area contributed by atoms with E-state index in [9.17, 15) is 0 Å². The third-order valence-electron chi connectivity index (χ3n) is 4.17. The molecule has 0 atom stereocenters. The van der Waals surface area contributed by atoms with E-state index in [1.54, 1.807) is 0 Å². The summed E-state index contributed by atoms with van der Waals surface area (Å²) in [5, 5.41) is 0. The van der Waals surface area contributed by atoms with E-state index < -0.39 is 0 Å². The Bertz CT molecular complexity index is 557. The summed E-state index contributed by atoms with van der Waals surface area (Å²) >= 11 is 0. The summed E-state index contributed by atoms with van der Waals surface area (Å²) in [7, 11) is 0. The highest BCUT2D eigenvalue weighted by atomic mass is 15.1. The quantitative estimate of drug-likeness (QED) is 0.654. The first kappa shape index (κ1) is 15.9.